The number of amides is 1. The highest BCUT2D eigenvalue weighted by Crippen LogP contribution is 2.27. The quantitative estimate of drug-likeness (QED) is 0.494. The standard InChI is InChI=1S/C22H35N3O2S2/c1-27-20-9-7-17(8-10-20)11-24-22(26)21(23-12-19-14-29-16-25-19)15-28-13-18-5-3-2-4-6-18/h7-10,18-19,21,23,25H,2-6,11-16H2,1H3,(H,24,26)/t19-,21+/m1/s1. The van der Waals surface area contributed by atoms with Gasteiger partial charge < -0.3 is 20.7 Å². The van der Waals surface area contributed by atoms with Crippen LogP contribution in [0, 0.1) is 5.92 Å². The molecule has 0 radical (unpaired) electrons. The summed E-state index contributed by atoms with van der Waals surface area (Å²) < 4.78 is 5.20. The highest BCUT2D eigenvalue weighted by Gasteiger charge is 2.22. The Kier molecular flexibility index (Phi) is 10.00. The lowest BCUT2D eigenvalue weighted by atomic mass is 9.91. The van der Waals surface area contributed by atoms with Crippen molar-refractivity contribution in [3.8, 4) is 5.75 Å². The first-order chi connectivity index (χ1) is 14.2. The number of carbonyl (C=O) groups is 1. The number of benzene rings is 1. The molecule has 2 atom stereocenters. The SMILES string of the molecule is COc1ccc(CNC(=O)[C@H](CSCC2CCCCC2)NC[C@@H]2CSCN2)cc1. The van der Waals surface area contributed by atoms with Crippen LogP contribution in [0.5, 0.6) is 5.75 Å². The Morgan fingerprint density at radius 1 is 1.28 bits per heavy atom. The van der Waals surface area contributed by atoms with Gasteiger partial charge in [-0.2, -0.15) is 11.8 Å². The second-order valence-corrected chi connectivity index (χ2v) is 10.1. The third-order valence-electron chi connectivity index (χ3n) is 5.71. The molecular weight excluding hydrogens is 402 g/mol. The second-order valence-electron chi connectivity index (χ2n) is 7.98. The molecule has 162 valence electrons. The van der Waals surface area contributed by atoms with Crippen molar-refractivity contribution in [1.82, 2.24) is 16.0 Å². The Balaban J connectivity index is 1.46. The number of hydrogen-bond donors (Lipinski definition) is 3. The van der Waals surface area contributed by atoms with Crippen LogP contribution < -0.4 is 20.7 Å². The van der Waals surface area contributed by atoms with Crippen LogP contribution in [-0.4, -0.2) is 54.8 Å². The fourth-order valence-electron chi connectivity index (χ4n) is 3.84. The van der Waals surface area contributed by atoms with E-state index in [2.05, 4.69) is 16.0 Å². The molecule has 1 aromatic carbocycles. The van der Waals surface area contributed by atoms with Crippen molar-refractivity contribution >= 4 is 29.4 Å². The minimum Gasteiger partial charge on any atom is -0.497 e. The highest BCUT2D eigenvalue weighted by atomic mass is 32.2. The smallest absolute Gasteiger partial charge is 0.238 e. The van der Waals surface area contributed by atoms with Crippen LogP contribution in [-0.2, 0) is 11.3 Å². The van der Waals surface area contributed by atoms with Gasteiger partial charge in [0, 0.05) is 36.5 Å². The summed E-state index contributed by atoms with van der Waals surface area (Å²) in [6, 6.07) is 8.17. The first-order valence-electron chi connectivity index (χ1n) is 10.8. The van der Waals surface area contributed by atoms with Gasteiger partial charge in [0.2, 0.25) is 5.91 Å². The van der Waals surface area contributed by atoms with Crippen molar-refractivity contribution in [3.63, 3.8) is 0 Å². The van der Waals surface area contributed by atoms with Gasteiger partial charge in [-0.3, -0.25) is 4.79 Å². The van der Waals surface area contributed by atoms with Crippen molar-refractivity contribution in [2.75, 3.05) is 36.8 Å². The number of nitrogens with one attached hydrogen (secondary N) is 3. The largest absolute Gasteiger partial charge is 0.497 e. The van der Waals surface area contributed by atoms with Gasteiger partial charge in [-0.05, 0) is 42.2 Å². The first-order valence-corrected chi connectivity index (χ1v) is 13.1. The summed E-state index contributed by atoms with van der Waals surface area (Å²) >= 11 is 3.86. The molecule has 3 N–H and O–H groups in total. The predicted octanol–water partition coefficient (Wildman–Crippen LogP) is 3.25. The molecule has 1 aromatic rings. The van der Waals surface area contributed by atoms with Crippen molar-refractivity contribution in [2.24, 2.45) is 5.92 Å². The summed E-state index contributed by atoms with van der Waals surface area (Å²) in [5, 5.41) is 10.1. The molecule has 1 aliphatic heterocycles. The summed E-state index contributed by atoms with van der Waals surface area (Å²) in [6.07, 6.45) is 6.86. The van der Waals surface area contributed by atoms with Crippen LogP contribution >= 0.6 is 23.5 Å². The summed E-state index contributed by atoms with van der Waals surface area (Å²) in [4.78, 5) is 12.9. The Hall–Kier alpha value is -0.890. The number of ether oxygens (including phenoxy) is 1. The molecule has 0 aromatic heterocycles. The van der Waals surface area contributed by atoms with Crippen molar-refractivity contribution in [3.05, 3.63) is 29.8 Å². The zero-order valence-corrected chi connectivity index (χ0v) is 19.1. The van der Waals surface area contributed by atoms with Crippen molar-refractivity contribution < 1.29 is 9.53 Å². The van der Waals surface area contributed by atoms with Crippen LogP contribution in [0.2, 0.25) is 0 Å². The molecule has 0 bridgehead atoms. The third kappa shape index (κ3) is 8.04. The van der Waals surface area contributed by atoms with E-state index < -0.39 is 0 Å². The van der Waals surface area contributed by atoms with Crippen LogP contribution in [0.1, 0.15) is 37.7 Å². The van der Waals surface area contributed by atoms with E-state index in [0.717, 1.165) is 41.2 Å². The monoisotopic (exact) mass is 437 g/mol. The topological polar surface area (TPSA) is 62.4 Å². The molecule has 1 heterocycles. The number of thioether (sulfide) groups is 2. The summed E-state index contributed by atoms with van der Waals surface area (Å²) in [5.74, 6) is 5.92. The van der Waals surface area contributed by atoms with E-state index in [1.54, 1.807) is 7.11 Å². The molecule has 1 aliphatic carbocycles. The average molecular weight is 438 g/mol. The van der Waals surface area contributed by atoms with Gasteiger partial charge >= 0.3 is 0 Å². The lowest BCUT2D eigenvalue weighted by Gasteiger charge is -2.23. The first kappa shape index (κ1) is 22.8. The van der Waals surface area contributed by atoms with Crippen molar-refractivity contribution in [1.29, 1.82) is 0 Å². The van der Waals surface area contributed by atoms with Crippen molar-refractivity contribution in [2.45, 2.75) is 50.7 Å². The van der Waals surface area contributed by atoms with E-state index in [1.807, 2.05) is 47.8 Å². The minimum absolute atomic E-state index is 0.0996. The molecule has 2 aliphatic rings. The Morgan fingerprint density at radius 3 is 2.76 bits per heavy atom. The Morgan fingerprint density at radius 2 is 2.07 bits per heavy atom. The van der Waals surface area contributed by atoms with E-state index in [-0.39, 0.29) is 11.9 Å². The molecular formula is C22H35N3O2S2. The Bertz CT molecular complexity index is 603. The summed E-state index contributed by atoms with van der Waals surface area (Å²) in [5.41, 5.74) is 1.08. The number of rotatable bonds is 11. The van der Waals surface area contributed by atoms with E-state index in [1.165, 1.54) is 37.9 Å². The molecule has 29 heavy (non-hydrogen) atoms. The third-order valence-corrected chi connectivity index (χ3v) is 7.99. The van der Waals surface area contributed by atoms with E-state index >= 15 is 0 Å². The van der Waals surface area contributed by atoms with Gasteiger partial charge in [-0.25, -0.2) is 0 Å². The summed E-state index contributed by atoms with van der Waals surface area (Å²) in [6.45, 7) is 1.39. The van der Waals surface area contributed by atoms with Gasteiger partial charge in [0.15, 0.2) is 0 Å². The number of carbonyl (C=O) groups excluding carboxylic acids is 1. The number of methoxy groups -OCH3 is 1. The fourth-order valence-corrected chi connectivity index (χ4v) is 6.14. The normalized spacial score (nSPS) is 21.1. The maximum atomic E-state index is 12.9. The van der Waals surface area contributed by atoms with E-state index in [4.69, 9.17) is 4.74 Å². The minimum atomic E-state index is -0.144. The van der Waals surface area contributed by atoms with Crippen LogP contribution in [0.3, 0.4) is 0 Å². The molecule has 5 nitrogen and oxygen atoms in total. The highest BCUT2D eigenvalue weighted by molar-refractivity contribution is 7.99. The molecule has 0 spiro atoms. The molecule has 2 fully saturated rings. The molecule has 1 saturated carbocycles. The number of hydrogen-bond acceptors (Lipinski definition) is 6. The second kappa shape index (κ2) is 12.7. The summed E-state index contributed by atoms with van der Waals surface area (Å²) in [7, 11) is 1.66. The van der Waals surface area contributed by atoms with E-state index in [0.29, 0.717) is 12.6 Å². The van der Waals surface area contributed by atoms with Gasteiger partial charge in [-0.15, -0.1) is 11.8 Å². The fraction of sp³-hybridized carbons (Fsp3) is 0.682. The van der Waals surface area contributed by atoms with Crippen LogP contribution in [0.4, 0.5) is 0 Å². The molecule has 7 heteroatoms. The average Bonchev–Trinajstić information content (AvgIpc) is 3.29. The van der Waals surface area contributed by atoms with Crippen LogP contribution in [0.15, 0.2) is 24.3 Å². The van der Waals surface area contributed by atoms with Gasteiger partial charge in [0.1, 0.15) is 5.75 Å². The van der Waals surface area contributed by atoms with E-state index in [9.17, 15) is 4.79 Å². The predicted molar refractivity (Wildman–Crippen MR) is 125 cm³/mol. The lowest BCUT2D eigenvalue weighted by molar-refractivity contribution is -0.122. The zero-order chi connectivity index (χ0) is 20.3. The molecule has 1 saturated heterocycles. The van der Waals surface area contributed by atoms with Gasteiger partial charge in [0.05, 0.1) is 13.2 Å². The Labute approximate surface area is 183 Å². The molecule has 0 unspecified atom stereocenters. The maximum Gasteiger partial charge on any atom is 0.238 e. The molecule has 3 rings (SSSR count). The maximum absolute atomic E-state index is 12.9. The zero-order valence-electron chi connectivity index (χ0n) is 17.5. The van der Waals surface area contributed by atoms with Gasteiger partial charge in [-0.1, -0.05) is 31.4 Å². The van der Waals surface area contributed by atoms with Gasteiger partial charge in [0.25, 0.3) is 0 Å². The lowest BCUT2D eigenvalue weighted by Crippen LogP contribution is -2.49. The molecule has 1 amide bonds. The van der Waals surface area contributed by atoms with Crippen LogP contribution in [0.25, 0.3) is 0 Å².